The van der Waals surface area contributed by atoms with E-state index in [1.165, 1.54) is 18.4 Å². The van der Waals surface area contributed by atoms with E-state index in [0.29, 0.717) is 17.8 Å². The number of aromatic nitrogens is 2. The van der Waals surface area contributed by atoms with Crippen molar-refractivity contribution in [2.45, 2.75) is 38.1 Å². The van der Waals surface area contributed by atoms with Crippen LogP contribution in [0.3, 0.4) is 0 Å². The van der Waals surface area contributed by atoms with Gasteiger partial charge in [0.2, 0.25) is 11.7 Å². The molecule has 0 spiro atoms. The third-order valence-electron chi connectivity index (χ3n) is 4.01. The van der Waals surface area contributed by atoms with Crippen LogP contribution < -0.4 is 5.32 Å². The van der Waals surface area contributed by atoms with E-state index in [4.69, 9.17) is 4.52 Å². The van der Waals surface area contributed by atoms with Gasteiger partial charge in [-0.15, -0.1) is 0 Å². The Bertz CT molecular complexity index is 611. The van der Waals surface area contributed by atoms with Crippen LogP contribution in [0.1, 0.15) is 36.6 Å². The van der Waals surface area contributed by atoms with Crippen molar-refractivity contribution >= 4 is 15.9 Å². The molecule has 1 heterocycles. The average molecular weight is 336 g/mol. The predicted molar refractivity (Wildman–Crippen MR) is 81.6 cm³/mol. The number of likely N-dealkylation sites (N-methyl/N-ethyl adjacent to an activating group) is 1. The Morgan fingerprint density at radius 2 is 2.20 bits per heavy atom. The molecule has 1 fully saturated rings. The van der Waals surface area contributed by atoms with E-state index < -0.39 is 0 Å². The number of nitrogens with one attached hydrogen (secondary N) is 1. The molecule has 2 atom stereocenters. The Labute approximate surface area is 127 Å². The molecule has 2 unspecified atom stereocenters. The van der Waals surface area contributed by atoms with Gasteiger partial charge >= 0.3 is 0 Å². The highest BCUT2D eigenvalue weighted by molar-refractivity contribution is 9.10. The standard InChI is InChI=1S/C15H18BrN3O/c1-9-6-7-10(12(16)8-9)14-18-15(20-19-14)11-4-3-5-13(11)17-2/h6-8,11,13,17H,3-5H2,1-2H3. The summed E-state index contributed by atoms with van der Waals surface area (Å²) in [4.78, 5) is 4.60. The van der Waals surface area contributed by atoms with E-state index in [9.17, 15) is 0 Å². The van der Waals surface area contributed by atoms with Crippen molar-refractivity contribution in [3.8, 4) is 11.4 Å². The lowest BCUT2D eigenvalue weighted by molar-refractivity contribution is 0.335. The van der Waals surface area contributed by atoms with Gasteiger partial charge in [-0.05, 0) is 44.5 Å². The van der Waals surface area contributed by atoms with Gasteiger partial charge in [0.05, 0.1) is 5.92 Å². The number of hydrogen-bond acceptors (Lipinski definition) is 4. The molecule has 0 amide bonds. The normalized spacial score (nSPS) is 22.4. The number of halogens is 1. The molecular formula is C15H18BrN3O. The van der Waals surface area contributed by atoms with Crippen molar-refractivity contribution in [1.82, 2.24) is 15.5 Å². The first kappa shape index (κ1) is 13.8. The van der Waals surface area contributed by atoms with Gasteiger partial charge < -0.3 is 9.84 Å². The molecule has 1 N–H and O–H groups in total. The molecule has 1 aromatic heterocycles. The van der Waals surface area contributed by atoms with Gasteiger partial charge in [0, 0.05) is 16.1 Å². The van der Waals surface area contributed by atoms with Crippen LogP contribution in [0.25, 0.3) is 11.4 Å². The molecule has 5 heteroatoms. The molecule has 2 aromatic rings. The molecule has 0 bridgehead atoms. The molecule has 106 valence electrons. The van der Waals surface area contributed by atoms with Crippen LogP contribution in [0.2, 0.25) is 0 Å². The summed E-state index contributed by atoms with van der Waals surface area (Å²) in [5.41, 5.74) is 2.18. The Balaban J connectivity index is 1.90. The fourth-order valence-electron chi connectivity index (χ4n) is 2.90. The zero-order valence-corrected chi connectivity index (χ0v) is 13.3. The molecule has 1 aliphatic carbocycles. The summed E-state index contributed by atoms with van der Waals surface area (Å²) >= 11 is 3.57. The molecule has 4 nitrogen and oxygen atoms in total. The van der Waals surface area contributed by atoms with Crippen molar-refractivity contribution in [1.29, 1.82) is 0 Å². The number of rotatable bonds is 3. The summed E-state index contributed by atoms with van der Waals surface area (Å²) in [6, 6.07) is 6.60. The first-order chi connectivity index (χ1) is 9.69. The summed E-state index contributed by atoms with van der Waals surface area (Å²) in [5, 5.41) is 7.49. The second kappa shape index (κ2) is 5.66. The smallest absolute Gasteiger partial charge is 0.231 e. The van der Waals surface area contributed by atoms with Crippen LogP contribution in [0.5, 0.6) is 0 Å². The van der Waals surface area contributed by atoms with Gasteiger partial charge in [-0.1, -0.05) is 33.6 Å². The fourth-order valence-corrected chi connectivity index (χ4v) is 3.57. The zero-order chi connectivity index (χ0) is 14.1. The zero-order valence-electron chi connectivity index (χ0n) is 11.7. The van der Waals surface area contributed by atoms with Crippen LogP contribution in [-0.2, 0) is 0 Å². The van der Waals surface area contributed by atoms with Crippen molar-refractivity contribution in [2.75, 3.05) is 7.05 Å². The maximum absolute atomic E-state index is 5.50. The van der Waals surface area contributed by atoms with Crippen molar-refractivity contribution in [3.63, 3.8) is 0 Å². The van der Waals surface area contributed by atoms with Gasteiger partial charge in [-0.3, -0.25) is 0 Å². The van der Waals surface area contributed by atoms with Crippen LogP contribution >= 0.6 is 15.9 Å². The average Bonchev–Trinajstić information content (AvgIpc) is 3.06. The van der Waals surface area contributed by atoms with Crippen LogP contribution in [0.15, 0.2) is 27.2 Å². The third kappa shape index (κ3) is 2.52. The van der Waals surface area contributed by atoms with E-state index in [1.807, 2.05) is 13.1 Å². The first-order valence-corrected chi connectivity index (χ1v) is 7.75. The Hall–Kier alpha value is -1.20. The summed E-state index contributed by atoms with van der Waals surface area (Å²) in [6.45, 7) is 2.06. The maximum Gasteiger partial charge on any atom is 0.231 e. The maximum atomic E-state index is 5.50. The van der Waals surface area contributed by atoms with Crippen molar-refractivity contribution in [2.24, 2.45) is 0 Å². The summed E-state index contributed by atoms with van der Waals surface area (Å²) in [7, 11) is 2.00. The molecule has 0 aliphatic heterocycles. The highest BCUT2D eigenvalue weighted by Crippen LogP contribution is 2.35. The first-order valence-electron chi connectivity index (χ1n) is 6.96. The number of benzene rings is 1. The lowest BCUT2D eigenvalue weighted by Crippen LogP contribution is -2.27. The van der Waals surface area contributed by atoms with Crippen molar-refractivity contribution in [3.05, 3.63) is 34.1 Å². The van der Waals surface area contributed by atoms with Crippen LogP contribution in [0.4, 0.5) is 0 Å². The molecule has 1 saturated carbocycles. The number of hydrogen-bond donors (Lipinski definition) is 1. The highest BCUT2D eigenvalue weighted by atomic mass is 79.9. The molecule has 0 radical (unpaired) electrons. The van der Waals surface area contributed by atoms with Crippen LogP contribution in [-0.4, -0.2) is 23.2 Å². The second-order valence-electron chi connectivity index (χ2n) is 5.37. The monoisotopic (exact) mass is 335 g/mol. The minimum atomic E-state index is 0.338. The topological polar surface area (TPSA) is 51.0 Å². The highest BCUT2D eigenvalue weighted by Gasteiger charge is 2.32. The Kier molecular flexibility index (Phi) is 3.89. The minimum Gasteiger partial charge on any atom is -0.339 e. The van der Waals surface area contributed by atoms with Gasteiger partial charge in [0.1, 0.15) is 0 Å². The summed E-state index contributed by atoms with van der Waals surface area (Å²) in [5.74, 6) is 1.75. The largest absolute Gasteiger partial charge is 0.339 e. The molecular weight excluding hydrogens is 318 g/mol. The lowest BCUT2D eigenvalue weighted by atomic mass is 10.0. The second-order valence-corrected chi connectivity index (χ2v) is 6.23. The molecule has 1 aliphatic rings. The summed E-state index contributed by atoms with van der Waals surface area (Å²) in [6.07, 6.45) is 3.50. The minimum absolute atomic E-state index is 0.338. The Morgan fingerprint density at radius 3 is 2.95 bits per heavy atom. The number of aryl methyl sites for hydroxylation is 1. The van der Waals surface area contributed by atoms with Gasteiger partial charge in [0.15, 0.2) is 0 Å². The van der Waals surface area contributed by atoms with E-state index in [-0.39, 0.29) is 0 Å². The van der Waals surface area contributed by atoms with Gasteiger partial charge in [0.25, 0.3) is 0 Å². The van der Waals surface area contributed by atoms with E-state index in [0.717, 1.165) is 22.3 Å². The van der Waals surface area contributed by atoms with E-state index >= 15 is 0 Å². The third-order valence-corrected chi connectivity index (χ3v) is 4.67. The van der Waals surface area contributed by atoms with E-state index in [1.54, 1.807) is 0 Å². The van der Waals surface area contributed by atoms with Gasteiger partial charge in [-0.25, -0.2) is 0 Å². The molecule has 3 rings (SSSR count). The van der Waals surface area contributed by atoms with Crippen LogP contribution in [0, 0.1) is 6.92 Å². The Morgan fingerprint density at radius 1 is 1.35 bits per heavy atom. The van der Waals surface area contributed by atoms with Crippen molar-refractivity contribution < 1.29 is 4.52 Å². The fraction of sp³-hybridized carbons (Fsp3) is 0.467. The van der Waals surface area contributed by atoms with Gasteiger partial charge in [-0.2, -0.15) is 4.98 Å². The van der Waals surface area contributed by atoms with E-state index in [2.05, 4.69) is 50.4 Å². The number of nitrogens with zero attached hydrogens (tertiary/aromatic N) is 2. The SMILES string of the molecule is CNC1CCCC1c1nc(-c2ccc(C)cc2Br)no1. The lowest BCUT2D eigenvalue weighted by Gasteiger charge is -2.14. The summed E-state index contributed by atoms with van der Waals surface area (Å²) < 4.78 is 6.50. The molecule has 20 heavy (non-hydrogen) atoms. The molecule has 0 saturated heterocycles. The molecule has 1 aromatic carbocycles. The predicted octanol–water partition coefficient (Wildman–Crippen LogP) is 3.66. The quantitative estimate of drug-likeness (QED) is 0.929.